The largest absolute Gasteiger partial charge is 0.486 e. The van der Waals surface area contributed by atoms with Gasteiger partial charge in [-0.2, -0.15) is 0 Å². The Morgan fingerprint density at radius 1 is 0.966 bits per heavy atom. The van der Waals surface area contributed by atoms with Crippen molar-refractivity contribution in [3.63, 3.8) is 0 Å². The van der Waals surface area contributed by atoms with Crippen molar-refractivity contribution >= 4 is 5.91 Å². The zero-order valence-electron chi connectivity index (χ0n) is 17.0. The molecule has 0 unspecified atom stereocenters. The van der Waals surface area contributed by atoms with Crippen LogP contribution in [0.5, 0.6) is 11.5 Å². The van der Waals surface area contributed by atoms with Crippen LogP contribution in [0.3, 0.4) is 0 Å². The predicted molar refractivity (Wildman–Crippen MR) is 112 cm³/mol. The summed E-state index contributed by atoms with van der Waals surface area (Å²) in [6, 6.07) is 16.3. The first-order valence-corrected chi connectivity index (χ1v) is 10.3. The van der Waals surface area contributed by atoms with Crippen LogP contribution in [0.1, 0.15) is 24.1 Å². The van der Waals surface area contributed by atoms with Gasteiger partial charge in [0.05, 0.1) is 12.6 Å². The van der Waals surface area contributed by atoms with Gasteiger partial charge in [-0.05, 0) is 30.2 Å². The SMILES string of the molecule is C[C@H](NC(=O)CN1CCN(Cc2ccccc2)CC1)c1ccc2c(c1)OCCO2. The number of carbonyl (C=O) groups excluding carboxylic acids is 1. The average Bonchev–Trinajstić information content (AvgIpc) is 2.75. The molecule has 0 saturated carbocycles. The molecule has 0 radical (unpaired) electrons. The Morgan fingerprint density at radius 3 is 2.41 bits per heavy atom. The third-order valence-corrected chi connectivity index (χ3v) is 5.52. The van der Waals surface area contributed by atoms with Gasteiger partial charge < -0.3 is 14.8 Å². The quantitative estimate of drug-likeness (QED) is 0.814. The Balaban J connectivity index is 1.23. The molecule has 2 heterocycles. The zero-order chi connectivity index (χ0) is 20.1. The Kier molecular flexibility index (Phi) is 6.32. The van der Waals surface area contributed by atoms with Crippen LogP contribution in [-0.4, -0.2) is 61.6 Å². The van der Waals surface area contributed by atoms with Crippen molar-refractivity contribution in [2.45, 2.75) is 19.5 Å². The summed E-state index contributed by atoms with van der Waals surface area (Å²) >= 11 is 0. The molecule has 2 aliphatic heterocycles. The Hall–Kier alpha value is -2.57. The number of nitrogens with one attached hydrogen (secondary N) is 1. The first kappa shape index (κ1) is 19.7. The van der Waals surface area contributed by atoms with Crippen molar-refractivity contribution in [1.82, 2.24) is 15.1 Å². The molecule has 6 heteroatoms. The second-order valence-electron chi connectivity index (χ2n) is 7.73. The number of hydrogen-bond acceptors (Lipinski definition) is 5. The number of ether oxygens (including phenoxy) is 2. The summed E-state index contributed by atoms with van der Waals surface area (Å²) in [5.74, 6) is 1.58. The van der Waals surface area contributed by atoms with Crippen LogP contribution in [-0.2, 0) is 11.3 Å². The summed E-state index contributed by atoms with van der Waals surface area (Å²) in [4.78, 5) is 17.2. The molecule has 2 aliphatic rings. The molecule has 1 fully saturated rings. The van der Waals surface area contributed by atoms with Crippen LogP contribution >= 0.6 is 0 Å². The van der Waals surface area contributed by atoms with Gasteiger partial charge >= 0.3 is 0 Å². The average molecular weight is 396 g/mol. The van der Waals surface area contributed by atoms with Crippen LogP contribution in [0.15, 0.2) is 48.5 Å². The highest BCUT2D eigenvalue weighted by atomic mass is 16.6. The number of carbonyl (C=O) groups is 1. The molecule has 2 aromatic carbocycles. The monoisotopic (exact) mass is 395 g/mol. The van der Waals surface area contributed by atoms with Gasteiger partial charge in [0.15, 0.2) is 11.5 Å². The summed E-state index contributed by atoms with van der Waals surface area (Å²) in [6.07, 6.45) is 0. The molecule has 2 aromatic rings. The van der Waals surface area contributed by atoms with Crippen molar-refractivity contribution in [2.24, 2.45) is 0 Å². The highest BCUT2D eigenvalue weighted by Crippen LogP contribution is 2.32. The van der Waals surface area contributed by atoms with E-state index in [-0.39, 0.29) is 11.9 Å². The maximum atomic E-state index is 12.5. The third kappa shape index (κ3) is 5.28. The van der Waals surface area contributed by atoms with E-state index in [0.717, 1.165) is 49.8 Å². The van der Waals surface area contributed by atoms with E-state index in [2.05, 4.69) is 39.4 Å². The van der Waals surface area contributed by atoms with E-state index >= 15 is 0 Å². The van der Waals surface area contributed by atoms with E-state index in [0.29, 0.717) is 19.8 Å². The number of benzene rings is 2. The maximum Gasteiger partial charge on any atom is 0.234 e. The molecule has 1 atom stereocenters. The molecule has 0 bridgehead atoms. The molecule has 0 aromatic heterocycles. The van der Waals surface area contributed by atoms with Crippen LogP contribution in [0.4, 0.5) is 0 Å². The van der Waals surface area contributed by atoms with Gasteiger partial charge in [0.2, 0.25) is 5.91 Å². The molecule has 154 valence electrons. The lowest BCUT2D eigenvalue weighted by Gasteiger charge is -2.34. The van der Waals surface area contributed by atoms with Crippen LogP contribution in [0, 0.1) is 0 Å². The van der Waals surface area contributed by atoms with Crippen LogP contribution in [0.25, 0.3) is 0 Å². The first-order valence-electron chi connectivity index (χ1n) is 10.3. The number of amides is 1. The fraction of sp³-hybridized carbons (Fsp3) is 0.435. The van der Waals surface area contributed by atoms with Gasteiger partial charge in [-0.1, -0.05) is 36.4 Å². The number of fused-ring (bicyclic) bond motifs is 1. The normalized spacial score (nSPS) is 18.2. The molecule has 29 heavy (non-hydrogen) atoms. The maximum absolute atomic E-state index is 12.5. The topological polar surface area (TPSA) is 54.0 Å². The van der Waals surface area contributed by atoms with Gasteiger partial charge in [0.1, 0.15) is 13.2 Å². The van der Waals surface area contributed by atoms with Crippen molar-refractivity contribution in [2.75, 3.05) is 45.9 Å². The van der Waals surface area contributed by atoms with Gasteiger partial charge in [-0.15, -0.1) is 0 Å². The number of nitrogens with zero attached hydrogens (tertiary/aromatic N) is 2. The molecule has 1 N–H and O–H groups in total. The van der Waals surface area contributed by atoms with Gasteiger partial charge in [-0.25, -0.2) is 0 Å². The lowest BCUT2D eigenvalue weighted by Crippen LogP contribution is -2.49. The van der Waals surface area contributed by atoms with Gasteiger partial charge in [0, 0.05) is 32.7 Å². The molecule has 0 spiro atoms. The lowest BCUT2D eigenvalue weighted by atomic mass is 10.1. The third-order valence-electron chi connectivity index (χ3n) is 5.52. The van der Waals surface area contributed by atoms with Crippen molar-refractivity contribution in [3.8, 4) is 11.5 Å². The molecular formula is C23H29N3O3. The number of rotatable bonds is 6. The Morgan fingerprint density at radius 2 is 1.66 bits per heavy atom. The van der Waals surface area contributed by atoms with Gasteiger partial charge in [0.25, 0.3) is 0 Å². The number of piperazine rings is 1. The summed E-state index contributed by atoms with van der Waals surface area (Å²) in [6.45, 7) is 8.36. The van der Waals surface area contributed by atoms with E-state index in [4.69, 9.17) is 9.47 Å². The highest BCUT2D eigenvalue weighted by molar-refractivity contribution is 5.78. The molecule has 1 amide bonds. The minimum absolute atomic E-state index is 0.0592. The minimum Gasteiger partial charge on any atom is -0.486 e. The van der Waals surface area contributed by atoms with E-state index in [1.54, 1.807) is 0 Å². The first-order chi connectivity index (χ1) is 14.2. The van der Waals surface area contributed by atoms with E-state index in [1.165, 1.54) is 5.56 Å². The standard InChI is InChI=1S/C23H29N3O3/c1-18(20-7-8-21-22(15-20)29-14-13-28-21)24-23(27)17-26-11-9-25(10-12-26)16-19-5-3-2-4-6-19/h2-8,15,18H,9-14,16-17H2,1H3,(H,24,27)/t18-/m0/s1. The fourth-order valence-electron chi connectivity index (χ4n) is 3.85. The summed E-state index contributed by atoms with van der Waals surface area (Å²) in [7, 11) is 0. The molecule has 6 nitrogen and oxygen atoms in total. The molecule has 0 aliphatic carbocycles. The summed E-state index contributed by atoms with van der Waals surface area (Å²) in [5.41, 5.74) is 2.36. The second-order valence-corrected chi connectivity index (χ2v) is 7.73. The number of hydrogen-bond donors (Lipinski definition) is 1. The zero-order valence-corrected chi connectivity index (χ0v) is 17.0. The van der Waals surface area contributed by atoms with Crippen LogP contribution < -0.4 is 14.8 Å². The molecule has 4 rings (SSSR count). The van der Waals surface area contributed by atoms with E-state index in [1.807, 2.05) is 31.2 Å². The van der Waals surface area contributed by atoms with E-state index in [9.17, 15) is 4.79 Å². The minimum atomic E-state index is -0.0716. The Bertz CT molecular complexity index is 819. The smallest absolute Gasteiger partial charge is 0.234 e. The second kappa shape index (κ2) is 9.29. The molecule has 1 saturated heterocycles. The summed E-state index contributed by atoms with van der Waals surface area (Å²) in [5, 5.41) is 3.11. The lowest BCUT2D eigenvalue weighted by molar-refractivity contribution is -0.123. The highest BCUT2D eigenvalue weighted by Gasteiger charge is 2.21. The van der Waals surface area contributed by atoms with Gasteiger partial charge in [-0.3, -0.25) is 14.6 Å². The van der Waals surface area contributed by atoms with Crippen molar-refractivity contribution < 1.29 is 14.3 Å². The fourth-order valence-corrected chi connectivity index (χ4v) is 3.85. The van der Waals surface area contributed by atoms with Crippen molar-refractivity contribution in [3.05, 3.63) is 59.7 Å². The van der Waals surface area contributed by atoms with Crippen molar-refractivity contribution in [1.29, 1.82) is 0 Å². The van der Waals surface area contributed by atoms with E-state index < -0.39 is 0 Å². The van der Waals surface area contributed by atoms with Crippen LogP contribution in [0.2, 0.25) is 0 Å². The summed E-state index contributed by atoms with van der Waals surface area (Å²) < 4.78 is 11.2. The predicted octanol–water partition coefficient (Wildman–Crippen LogP) is 2.45. The Labute approximate surface area is 172 Å². The molecular weight excluding hydrogens is 366 g/mol.